The topological polar surface area (TPSA) is 125 Å². The lowest BCUT2D eigenvalue weighted by Crippen LogP contribution is -2.49. The number of hydrogen-bond donors (Lipinski definition) is 4. The summed E-state index contributed by atoms with van der Waals surface area (Å²) in [6, 6.07) is 13.5. The molecule has 8 nitrogen and oxygen atoms in total. The van der Waals surface area contributed by atoms with Gasteiger partial charge >= 0.3 is 6.09 Å². The number of ether oxygens (including phenoxy) is 1. The predicted octanol–water partition coefficient (Wildman–Crippen LogP) is 4.79. The summed E-state index contributed by atoms with van der Waals surface area (Å²) < 4.78 is 4.71. The van der Waals surface area contributed by atoms with Crippen LogP contribution in [0, 0.1) is 11.8 Å². The van der Waals surface area contributed by atoms with Crippen molar-refractivity contribution < 1.29 is 24.5 Å². The van der Waals surface area contributed by atoms with Gasteiger partial charge in [0.2, 0.25) is 5.91 Å². The summed E-state index contributed by atoms with van der Waals surface area (Å²) in [6.07, 6.45) is 1.98. The number of likely N-dealkylation sites (tertiary alicyclic amines) is 1. The van der Waals surface area contributed by atoms with Gasteiger partial charge in [-0.3, -0.25) is 4.79 Å². The number of nitrogens with one attached hydrogen (secondary N) is 1. The monoisotopic (exact) mass is 585 g/mol. The van der Waals surface area contributed by atoms with E-state index in [1.54, 1.807) is 0 Å². The van der Waals surface area contributed by atoms with E-state index in [0.717, 1.165) is 29.5 Å². The van der Waals surface area contributed by atoms with E-state index in [1.165, 1.54) is 12.7 Å². The van der Waals surface area contributed by atoms with Gasteiger partial charge in [-0.2, -0.15) is 0 Å². The van der Waals surface area contributed by atoms with Gasteiger partial charge in [0.25, 0.3) is 0 Å². The largest absolute Gasteiger partial charge is 0.453 e. The maximum atomic E-state index is 13.5. The third-order valence-electron chi connectivity index (χ3n) is 8.85. The highest BCUT2D eigenvalue weighted by molar-refractivity contribution is 6.33. The van der Waals surface area contributed by atoms with Crippen LogP contribution in [0.5, 0.6) is 0 Å². The van der Waals surface area contributed by atoms with Crippen molar-refractivity contribution in [3.8, 4) is 11.1 Å². The second-order valence-electron chi connectivity index (χ2n) is 11.9. The third-order valence-corrected chi connectivity index (χ3v) is 9.16. The number of methoxy groups -OCH3 is 1. The predicted molar refractivity (Wildman–Crippen MR) is 161 cm³/mol. The Morgan fingerprint density at radius 3 is 2.66 bits per heavy atom. The molecule has 2 aromatic rings. The summed E-state index contributed by atoms with van der Waals surface area (Å²) in [7, 11) is 1.32. The Morgan fingerprint density at radius 2 is 1.98 bits per heavy atom. The van der Waals surface area contributed by atoms with E-state index in [-0.39, 0.29) is 23.8 Å². The number of aliphatic hydroxyl groups excluding tert-OH is 1. The number of amides is 2. The molecule has 2 fully saturated rings. The van der Waals surface area contributed by atoms with E-state index >= 15 is 0 Å². The van der Waals surface area contributed by atoms with Crippen molar-refractivity contribution in [3.63, 3.8) is 0 Å². The standard InChI is InChI=1S/C32H44ClN3O5/c1-20(2)21-8-4-9-22(16-21)29-25(11-5-12-26(29)33)32(40,13-7-14-35-31(39)41-3)24-10-6-15-36(19-24)30(38)23-17-27(34)28(37)18-23/h4-5,8-9,11-12,16,20,23-24,27-28,37,40H,6-7,10,13-15,17-19,34H2,1-3H3,(H,35,39). The molecule has 1 aliphatic heterocycles. The molecule has 2 amide bonds. The number of carbonyl (C=O) groups is 2. The molecule has 9 heteroatoms. The molecule has 5 atom stereocenters. The van der Waals surface area contributed by atoms with Crippen LogP contribution in [0.4, 0.5) is 4.79 Å². The Kier molecular flexibility index (Phi) is 10.3. The summed E-state index contributed by atoms with van der Waals surface area (Å²) in [5.41, 5.74) is 8.30. The molecular weight excluding hydrogens is 542 g/mol. The molecule has 1 saturated heterocycles. The minimum Gasteiger partial charge on any atom is -0.453 e. The number of nitrogens with two attached hydrogens (primary N) is 1. The highest BCUT2D eigenvalue weighted by Gasteiger charge is 2.44. The molecule has 1 heterocycles. The third kappa shape index (κ3) is 7.05. The Hall–Kier alpha value is -2.65. The minimum absolute atomic E-state index is 0.00707. The van der Waals surface area contributed by atoms with Crippen molar-refractivity contribution in [3.05, 3.63) is 58.6 Å². The fourth-order valence-electron chi connectivity index (χ4n) is 6.49. The summed E-state index contributed by atoms with van der Waals surface area (Å²) >= 11 is 6.87. The smallest absolute Gasteiger partial charge is 0.406 e. The second-order valence-corrected chi connectivity index (χ2v) is 12.3. The molecule has 2 aliphatic rings. The van der Waals surface area contributed by atoms with Crippen LogP contribution in [0.3, 0.4) is 0 Å². The number of hydrogen-bond acceptors (Lipinski definition) is 6. The van der Waals surface area contributed by atoms with Crippen molar-refractivity contribution in [2.24, 2.45) is 17.6 Å². The number of carbonyl (C=O) groups excluding carboxylic acids is 2. The Morgan fingerprint density at radius 1 is 1.22 bits per heavy atom. The van der Waals surface area contributed by atoms with Crippen LogP contribution in [-0.4, -0.2) is 66.0 Å². The van der Waals surface area contributed by atoms with Crippen LogP contribution in [0.15, 0.2) is 42.5 Å². The fourth-order valence-corrected chi connectivity index (χ4v) is 6.77. The highest BCUT2D eigenvalue weighted by atomic mass is 35.5. The molecule has 41 heavy (non-hydrogen) atoms. The van der Waals surface area contributed by atoms with E-state index in [0.29, 0.717) is 56.3 Å². The minimum atomic E-state index is -1.32. The first-order valence-electron chi connectivity index (χ1n) is 14.7. The fraction of sp³-hybridized carbons (Fsp3) is 0.562. The van der Waals surface area contributed by atoms with Gasteiger partial charge < -0.3 is 30.9 Å². The number of piperidine rings is 1. The molecule has 0 spiro atoms. The van der Waals surface area contributed by atoms with Gasteiger partial charge in [0.1, 0.15) is 0 Å². The molecule has 0 bridgehead atoms. The highest BCUT2D eigenvalue weighted by Crippen LogP contribution is 2.46. The van der Waals surface area contributed by atoms with Crippen LogP contribution < -0.4 is 11.1 Å². The summed E-state index contributed by atoms with van der Waals surface area (Å²) in [5, 5.41) is 26.1. The zero-order chi connectivity index (χ0) is 29.7. The normalized spacial score (nSPS) is 24.2. The molecule has 4 rings (SSSR count). The Labute approximate surface area is 248 Å². The van der Waals surface area contributed by atoms with Gasteiger partial charge in [-0.1, -0.05) is 61.8 Å². The van der Waals surface area contributed by atoms with Crippen molar-refractivity contribution in [1.82, 2.24) is 10.2 Å². The first kappa shape index (κ1) is 31.3. The van der Waals surface area contributed by atoms with Crippen LogP contribution in [-0.2, 0) is 15.1 Å². The lowest BCUT2D eigenvalue weighted by atomic mass is 9.72. The van der Waals surface area contributed by atoms with Gasteiger partial charge in [0, 0.05) is 48.1 Å². The first-order valence-corrected chi connectivity index (χ1v) is 15.1. The SMILES string of the molecule is COC(=O)NCCCC(O)(c1cccc(Cl)c1-c1cccc(C(C)C)c1)C1CCCN(C(=O)C2CC(N)C(O)C2)C1. The van der Waals surface area contributed by atoms with Crippen molar-refractivity contribution >= 4 is 23.6 Å². The number of aliphatic hydroxyl groups is 2. The maximum Gasteiger partial charge on any atom is 0.406 e. The van der Waals surface area contributed by atoms with Crippen molar-refractivity contribution in [2.45, 2.75) is 76.0 Å². The van der Waals surface area contributed by atoms with E-state index < -0.39 is 17.8 Å². The second kappa shape index (κ2) is 13.6. The molecule has 5 N–H and O–H groups in total. The molecule has 1 aliphatic carbocycles. The molecule has 5 unspecified atom stereocenters. The van der Waals surface area contributed by atoms with E-state index in [2.05, 4.69) is 31.3 Å². The summed E-state index contributed by atoms with van der Waals surface area (Å²) in [4.78, 5) is 27.0. The Balaban J connectivity index is 1.70. The number of nitrogens with zero attached hydrogens (tertiary/aromatic N) is 1. The average molecular weight is 586 g/mol. The molecule has 1 saturated carbocycles. The van der Waals surface area contributed by atoms with Gasteiger partial charge in [0.15, 0.2) is 0 Å². The maximum absolute atomic E-state index is 13.5. The lowest BCUT2D eigenvalue weighted by Gasteiger charge is -2.44. The zero-order valence-corrected chi connectivity index (χ0v) is 25.1. The van der Waals surface area contributed by atoms with Crippen molar-refractivity contribution in [1.29, 1.82) is 0 Å². The van der Waals surface area contributed by atoms with Crippen LogP contribution >= 0.6 is 11.6 Å². The molecule has 224 valence electrons. The zero-order valence-electron chi connectivity index (χ0n) is 24.3. The number of rotatable bonds is 9. The van der Waals surface area contributed by atoms with Crippen LogP contribution in [0.1, 0.15) is 69.4 Å². The summed E-state index contributed by atoms with van der Waals surface area (Å²) in [6.45, 7) is 5.61. The first-order chi connectivity index (χ1) is 19.5. The summed E-state index contributed by atoms with van der Waals surface area (Å²) in [5.74, 6) is -0.253. The molecular formula is C32H44ClN3O5. The van der Waals surface area contributed by atoms with Crippen LogP contribution in [0.2, 0.25) is 5.02 Å². The van der Waals surface area contributed by atoms with Crippen molar-refractivity contribution in [2.75, 3.05) is 26.7 Å². The lowest BCUT2D eigenvalue weighted by molar-refractivity contribution is -0.141. The van der Waals surface area contributed by atoms with E-state index in [9.17, 15) is 19.8 Å². The van der Waals surface area contributed by atoms with Gasteiger partial charge in [-0.15, -0.1) is 0 Å². The quantitative estimate of drug-likeness (QED) is 0.314. The van der Waals surface area contributed by atoms with E-state index in [1.807, 2.05) is 35.2 Å². The van der Waals surface area contributed by atoms with Crippen LogP contribution in [0.25, 0.3) is 11.1 Å². The average Bonchev–Trinajstić information content (AvgIpc) is 3.32. The van der Waals surface area contributed by atoms with Gasteiger partial charge in [-0.25, -0.2) is 4.79 Å². The van der Waals surface area contributed by atoms with Gasteiger partial charge in [0.05, 0.1) is 18.8 Å². The number of halogens is 1. The Bertz CT molecular complexity index is 1210. The number of alkyl carbamates (subject to hydrolysis) is 1. The number of benzene rings is 2. The molecule has 0 radical (unpaired) electrons. The molecule has 2 aromatic carbocycles. The van der Waals surface area contributed by atoms with Gasteiger partial charge in [-0.05, 0) is 67.2 Å². The van der Waals surface area contributed by atoms with E-state index in [4.69, 9.17) is 22.1 Å². The molecule has 0 aromatic heterocycles.